The molecule has 13 rings (SSSR count). The van der Waals surface area contributed by atoms with Crippen LogP contribution in [-0.4, -0.2) is 0 Å². The zero-order valence-electron chi connectivity index (χ0n) is 47.1. The molecule has 0 amide bonds. The molecule has 78 heavy (non-hydrogen) atoms. The fraction of sp³-hybridized carbons (Fsp3) is 0.154. The second kappa shape index (κ2) is 29.6. The summed E-state index contributed by atoms with van der Waals surface area (Å²) in [7, 11) is 0. The van der Waals surface area contributed by atoms with Crippen molar-refractivity contribution in [3.8, 4) is 44.5 Å². The number of hydrogen-bond donors (Lipinski definition) is 0. The Bertz CT molecular complexity index is 3480. The van der Waals surface area contributed by atoms with Gasteiger partial charge in [0.25, 0.3) is 0 Å². The Morgan fingerprint density at radius 3 is 0.462 bits per heavy atom. The molecule has 0 fully saturated rings. The molecule has 0 bridgehead atoms. The maximum atomic E-state index is 2.31. The first-order valence-corrected chi connectivity index (χ1v) is 28.3. The van der Waals surface area contributed by atoms with E-state index in [0.29, 0.717) is 0 Å². The number of hydrogen-bond acceptors (Lipinski definition) is 0. The van der Waals surface area contributed by atoms with Gasteiger partial charge in [-0.05, 0) is 127 Å². The van der Waals surface area contributed by atoms with Gasteiger partial charge in [0.2, 0.25) is 0 Å². The highest BCUT2D eigenvalue weighted by molar-refractivity contribution is 6.22. The van der Waals surface area contributed by atoms with Crippen molar-refractivity contribution in [2.75, 3.05) is 0 Å². The van der Waals surface area contributed by atoms with Crippen LogP contribution in [0.5, 0.6) is 0 Å². The van der Waals surface area contributed by atoms with Gasteiger partial charge in [0.15, 0.2) is 0 Å². The normalized spacial score (nSPS) is 10.1. The second-order valence-corrected chi connectivity index (χ2v) is 17.4. The molecule has 0 aliphatic carbocycles. The number of fused-ring (bicyclic) bond motifs is 6. The van der Waals surface area contributed by atoms with Crippen molar-refractivity contribution in [3.05, 3.63) is 278 Å². The monoisotopic (exact) mass is 1020 g/mol. The first kappa shape index (κ1) is 58.7. The molecule has 0 radical (unpaired) electrons. The van der Waals surface area contributed by atoms with Crippen LogP contribution in [0.2, 0.25) is 0 Å². The molecular formula is C78H80. The van der Waals surface area contributed by atoms with Gasteiger partial charge in [-0.2, -0.15) is 0 Å². The molecule has 13 aromatic rings. The van der Waals surface area contributed by atoms with E-state index in [2.05, 4.69) is 267 Å². The molecule has 0 nitrogen and oxygen atoms in total. The van der Waals surface area contributed by atoms with Crippen molar-refractivity contribution >= 4 is 64.6 Å². The molecule has 0 unspecified atom stereocenters. The summed E-state index contributed by atoms with van der Waals surface area (Å²) in [6.07, 6.45) is 0.853. The highest BCUT2D eigenvalue weighted by atomic mass is 14.2. The molecule has 0 aliphatic rings. The standard InChI is InChI=1S/C41H28.C26H18.5C2H6.CH4/c1-3-15-28(16-4-1)40-34-23-11-7-19-30(34)38(31-20-8-12-24-35(31)40)27-39-32-21-9-13-25-36(32)41(29-17-5-2-6-18-29)37-26-14-10-22-33(37)39;1-3-11-19(12-4-1)25-21-15-7-9-17-23(21)26(20-13-5-2-6-14-20)24-18-10-8-16-22(24)25;5*1-2;/h1-26H,27H2;1-18H;5*1-2H3;1H4. The molecule has 0 heterocycles. The molecule has 0 saturated heterocycles. The lowest BCUT2D eigenvalue weighted by Crippen LogP contribution is -1.98. The average Bonchev–Trinajstić information content (AvgIpc) is 3.54. The van der Waals surface area contributed by atoms with Gasteiger partial charge in [0.05, 0.1) is 0 Å². The van der Waals surface area contributed by atoms with Crippen LogP contribution in [0.15, 0.2) is 267 Å². The molecule has 0 saturated carbocycles. The predicted octanol–water partition coefficient (Wildman–Crippen LogP) is 24.3. The first-order valence-electron chi connectivity index (χ1n) is 28.3. The Morgan fingerprint density at radius 1 is 0.167 bits per heavy atom. The largest absolute Gasteiger partial charge is 0.0776 e. The molecular weight excluding hydrogens is 937 g/mol. The smallest absolute Gasteiger partial charge is 0.000110 e. The van der Waals surface area contributed by atoms with Gasteiger partial charge < -0.3 is 0 Å². The summed E-state index contributed by atoms with van der Waals surface area (Å²) in [6, 6.07) is 96.5. The third-order valence-corrected chi connectivity index (χ3v) is 13.6. The van der Waals surface area contributed by atoms with Crippen LogP contribution < -0.4 is 0 Å². The lowest BCUT2D eigenvalue weighted by atomic mass is 9.83. The van der Waals surface area contributed by atoms with Crippen molar-refractivity contribution in [2.24, 2.45) is 0 Å². The number of benzene rings is 13. The van der Waals surface area contributed by atoms with E-state index in [1.807, 2.05) is 69.2 Å². The fourth-order valence-electron chi connectivity index (χ4n) is 10.8. The summed E-state index contributed by atoms with van der Waals surface area (Å²) >= 11 is 0. The van der Waals surface area contributed by atoms with Gasteiger partial charge in [-0.3, -0.25) is 0 Å². The Balaban J connectivity index is 0.000000230. The highest BCUT2D eigenvalue weighted by Crippen LogP contribution is 2.46. The van der Waals surface area contributed by atoms with Crippen molar-refractivity contribution < 1.29 is 0 Å². The van der Waals surface area contributed by atoms with Crippen LogP contribution >= 0.6 is 0 Å². The van der Waals surface area contributed by atoms with Gasteiger partial charge in [-0.15, -0.1) is 0 Å². The highest BCUT2D eigenvalue weighted by Gasteiger charge is 2.20. The lowest BCUT2D eigenvalue weighted by molar-refractivity contribution is 1.28. The SMILES string of the molecule is C.CC.CC.CC.CC.CC.c1ccc(-c2c3ccccc3c(-c3ccccc3)c3ccccc23)cc1.c1ccc(-c2c3ccccc3c(Cc3c4ccccc4c(-c4ccccc4)c4ccccc34)c3ccccc23)cc1. The van der Waals surface area contributed by atoms with Crippen molar-refractivity contribution in [1.29, 1.82) is 0 Å². The molecule has 0 atom stereocenters. The summed E-state index contributed by atoms with van der Waals surface area (Å²) < 4.78 is 0. The maximum Gasteiger partial charge on any atom is -0.000110 e. The van der Waals surface area contributed by atoms with Gasteiger partial charge in [0, 0.05) is 0 Å². The summed E-state index contributed by atoms with van der Waals surface area (Å²) in [5.41, 5.74) is 13.1. The minimum Gasteiger partial charge on any atom is -0.0776 e. The molecule has 0 heteroatoms. The van der Waals surface area contributed by atoms with E-state index in [9.17, 15) is 0 Å². The predicted molar refractivity (Wildman–Crippen MR) is 352 cm³/mol. The van der Waals surface area contributed by atoms with Gasteiger partial charge in [-0.25, -0.2) is 0 Å². The summed E-state index contributed by atoms with van der Waals surface area (Å²) in [5, 5.41) is 15.7. The van der Waals surface area contributed by atoms with E-state index in [1.54, 1.807) is 0 Å². The number of rotatable bonds is 6. The second-order valence-electron chi connectivity index (χ2n) is 17.4. The van der Waals surface area contributed by atoms with Crippen LogP contribution in [0.4, 0.5) is 0 Å². The Hall–Kier alpha value is -8.58. The van der Waals surface area contributed by atoms with Crippen molar-refractivity contribution in [3.63, 3.8) is 0 Å². The van der Waals surface area contributed by atoms with Crippen molar-refractivity contribution in [1.82, 2.24) is 0 Å². The summed E-state index contributed by atoms with van der Waals surface area (Å²) in [4.78, 5) is 0. The zero-order chi connectivity index (χ0) is 54.5. The summed E-state index contributed by atoms with van der Waals surface area (Å²) in [5.74, 6) is 0. The van der Waals surface area contributed by atoms with Crippen LogP contribution in [0.1, 0.15) is 87.8 Å². The Labute approximate surface area is 467 Å². The average molecular weight is 1020 g/mol. The summed E-state index contributed by atoms with van der Waals surface area (Å²) in [6.45, 7) is 20.0. The minimum absolute atomic E-state index is 0. The van der Waals surface area contributed by atoms with E-state index in [0.717, 1.165) is 6.42 Å². The van der Waals surface area contributed by atoms with E-state index in [-0.39, 0.29) is 7.43 Å². The first-order chi connectivity index (χ1) is 38.3. The molecule has 13 aromatic carbocycles. The minimum atomic E-state index is 0. The van der Waals surface area contributed by atoms with Gasteiger partial charge in [-0.1, -0.05) is 344 Å². The Morgan fingerprint density at radius 2 is 0.295 bits per heavy atom. The van der Waals surface area contributed by atoms with Crippen LogP contribution in [0.25, 0.3) is 109 Å². The maximum absolute atomic E-state index is 2.31. The molecule has 0 N–H and O–H groups in total. The fourth-order valence-corrected chi connectivity index (χ4v) is 10.8. The third kappa shape index (κ3) is 12.0. The lowest BCUT2D eigenvalue weighted by Gasteiger charge is -2.20. The van der Waals surface area contributed by atoms with Gasteiger partial charge >= 0.3 is 0 Å². The quantitative estimate of drug-likeness (QED) is 0.146. The van der Waals surface area contributed by atoms with Crippen LogP contribution in [-0.2, 0) is 6.42 Å². The van der Waals surface area contributed by atoms with E-state index >= 15 is 0 Å². The van der Waals surface area contributed by atoms with E-state index in [4.69, 9.17) is 0 Å². The van der Waals surface area contributed by atoms with E-state index < -0.39 is 0 Å². The van der Waals surface area contributed by atoms with Gasteiger partial charge in [0.1, 0.15) is 0 Å². The topological polar surface area (TPSA) is 0 Å². The zero-order valence-corrected chi connectivity index (χ0v) is 47.1. The molecule has 0 aliphatic heterocycles. The molecule has 392 valence electrons. The Kier molecular flexibility index (Phi) is 22.3. The molecule has 0 aromatic heterocycles. The van der Waals surface area contributed by atoms with E-state index in [1.165, 1.54) is 120 Å². The van der Waals surface area contributed by atoms with Crippen LogP contribution in [0.3, 0.4) is 0 Å². The van der Waals surface area contributed by atoms with Crippen LogP contribution in [0, 0.1) is 0 Å². The third-order valence-electron chi connectivity index (χ3n) is 13.6. The molecule has 0 spiro atoms. The van der Waals surface area contributed by atoms with Crippen molar-refractivity contribution in [2.45, 2.75) is 83.1 Å².